The van der Waals surface area contributed by atoms with E-state index in [1.165, 1.54) is 16.4 Å². The van der Waals surface area contributed by atoms with Crippen LogP contribution in [-0.4, -0.2) is 14.3 Å². The second-order valence-electron chi connectivity index (χ2n) is 6.50. The first-order valence-electron chi connectivity index (χ1n) is 8.70. The Hall–Kier alpha value is -3.19. The Morgan fingerprint density at radius 3 is 2.29 bits per heavy atom. The van der Waals surface area contributed by atoms with Gasteiger partial charge >= 0.3 is 10.2 Å². The Balaban J connectivity index is 1.72. The molecule has 0 bridgehead atoms. The number of benzene rings is 3. The number of amides is 1. The van der Waals surface area contributed by atoms with Gasteiger partial charge in [0.2, 0.25) is 0 Å². The number of hydrogen-bond acceptors (Lipinski definition) is 3. The number of fused-ring (bicyclic) bond motifs is 1. The number of para-hydroxylation sites is 1. The molecule has 4 rings (SSSR count). The molecule has 5 nitrogen and oxygen atoms in total. The van der Waals surface area contributed by atoms with Gasteiger partial charge in [-0.05, 0) is 41.5 Å². The fraction of sp³-hybridized carbons (Fsp3) is 0.0952. The van der Waals surface area contributed by atoms with Crippen LogP contribution in [0.2, 0.25) is 0 Å². The van der Waals surface area contributed by atoms with Gasteiger partial charge in [-0.25, -0.2) is 13.4 Å². The highest BCUT2D eigenvalue weighted by Gasteiger charge is 2.39. The van der Waals surface area contributed by atoms with E-state index in [2.05, 4.69) is 4.72 Å². The maximum atomic E-state index is 13.3. The predicted molar refractivity (Wildman–Crippen MR) is 105 cm³/mol. The Labute approximate surface area is 162 Å². The van der Waals surface area contributed by atoms with Gasteiger partial charge in [-0.2, -0.15) is 8.42 Å². The van der Waals surface area contributed by atoms with E-state index < -0.39 is 28.0 Å². The van der Waals surface area contributed by atoms with E-state index in [1.54, 1.807) is 54.6 Å². The van der Waals surface area contributed by atoms with Crippen molar-refractivity contribution in [3.8, 4) is 0 Å². The summed E-state index contributed by atoms with van der Waals surface area (Å²) in [6.45, 7) is 0. The number of nitrogens with zero attached hydrogens (tertiary/aromatic N) is 1. The van der Waals surface area contributed by atoms with Gasteiger partial charge in [0.15, 0.2) is 0 Å². The molecule has 1 N–H and O–H groups in total. The zero-order valence-electron chi connectivity index (χ0n) is 14.7. The maximum Gasteiger partial charge on any atom is 0.327 e. The van der Waals surface area contributed by atoms with Crippen LogP contribution in [0, 0.1) is 5.82 Å². The fourth-order valence-corrected chi connectivity index (χ4v) is 4.83. The minimum atomic E-state index is -4.19. The molecule has 0 spiro atoms. The van der Waals surface area contributed by atoms with Crippen LogP contribution in [-0.2, 0) is 16.6 Å². The Morgan fingerprint density at radius 1 is 0.929 bits per heavy atom. The van der Waals surface area contributed by atoms with Crippen molar-refractivity contribution < 1.29 is 17.6 Å². The lowest BCUT2D eigenvalue weighted by Gasteiger charge is -2.27. The van der Waals surface area contributed by atoms with Crippen molar-refractivity contribution in [1.82, 2.24) is 4.72 Å². The molecule has 1 heterocycles. The smallest absolute Gasteiger partial charge is 0.268 e. The summed E-state index contributed by atoms with van der Waals surface area (Å²) >= 11 is 0. The number of carbonyl (C=O) groups is 1. The fourth-order valence-electron chi connectivity index (χ4n) is 3.41. The van der Waals surface area contributed by atoms with E-state index in [0.29, 0.717) is 17.7 Å². The third-order valence-electron chi connectivity index (χ3n) is 4.70. The molecule has 1 unspecified atom stereocenters. The number of halogens is 1. The van der Waals surface area contributed by atoms with E-state index in [1.807, 2.05) is 12.1 Å². The number of nitrogens with one attached hydrogen (secondary N) is 1. The lowest BCUT2D eigenvalue weighted by molar-refractivity contribution is 0.0981. The SMILES string of the molecule is O=C(NS(=O)(=O)N1c2ccccc2CC1c1ccc(F)cc1)c1ccccc1. The molecule has 0 aromatic heterocycles. The maximum absolute atomic E-state index is 13.3. The molecule has 3 aromatic rings. The van der Waals surface area contributed by atoms with Crippen LogP contribution in [0.4, 0.5) is 10.1 Å². The summed E-state index contributed by atoms with van der Waals surface area (Å²) < 4.78 is 43.0. The van der Waals surface area contributed by atoms with Gasteiger partial charge in [-0.1, -0.05) is 48.5 Å². The molecular formula is C21H17FN2O3S. The number of hydrogen-bond donors (Lipinski definition) is 1. The van der Waals surface area contributed by atoms with Gasteiger partial charge in [0.05, 0.1) is 11.7 Å². The third-order valence-corrected chi connectivity index (χ3v) is 6.11. The minimum Gasteiger partial charge on any atom is -0.268 e. The van der Waals surface area contributed by atoms with Crippen molar-refractivity contribution >= 4 is 21.8 Å². The van der Waals surface area contributed by atoms with Crippen LogP contribution >= 0.6 is 0 Å². The quantitative estimate of drug-likeness (QED) is 0.733. The molecule has 1 aliphatic heterocycles. The first kappa shape index (κ1) is 18.2. The van der Waals surface area contributed by atoms with Gasteiger partial charge in [0.25, 0.3) is 5.91 Å². The summed E-state index contributed by atoms with van der Waals surface area (Å²) in [6, 6.07) is 20.4. The second kappa shape index (κ2) is 7.09. The summed E-state index contributed by atoms with van der Waals surface area (Å²) in [5, 5.41) is 0. The monoisotopic (exact) mass is 396 g/mol. The molecule has 0 radical (unpaired) electrons. The van der Waals surface area contributed by atoms with Crippen molar-refractivity contribution in [2.45, 2.75) is 12.5 Å². The first-order valence-corrected chi connectivity index (χ1v) is 10.1. The number of rotatable bonds is 4. The summed E-state index contributed by atoms with van der Waals surface area (Å²) in [6.07, 6.45) is 0.433. The van der Waals surface area contributed by atoms with E-state index in [9.17, 15) is 17.6 Å². The summed E-state index contributed by atoms with van der Waals surface area (Å²) in [5.74, 6) is -1.10. The molecule has 1 atom stereocenters. The van der Waals surface area contributed by atoms with Crippen molar-refractivity contribution in [2.24, 2.45) is 0 Å². The molecule has 28 heavy (non-hydrogen) atoms. The molecule has 0 aliphatic carbocycles. The standard InChI is InChI=1S/C21H17FN2O3S/c22-18-12-10-15(11-13-18)20-14-17-8-4-5-9-19(17)24(20)28(26,27)23-21(25)16-6-2-1-3-7-16/h1-13,20H,14H2,(H,23,25). The van der Waals surface area contributed by atoms with Gasteiger partial charge < -0.3 is 0 Å². The number of anilines is 1. The second-order valence-corrected chi connectivity index (χ2v) is 8.05. The van der Waals surface area contributed by atoms with Crippen LogP contribution in [0.5, 0.6) is 0 Å². The molecule has 142 valence electrons. The normalized spacial score (nSPS) is 15.9. The highest BCUT2D eigenvalue weighted by Crippen LogP contribution is 2.41. The van der Waals surface area contributed by atoms with Crippen LogP contribution in [0.25, 0.3) is 0 Å². The average Bonchev–Trinajstić information content (AvgIpc) is 3.09. The average molecular weight is 396 g/mol. The molecule has 0 saturated heterocycles. The van der Waals surface area contributed by atoms with Gasteiger partial charge in [0.1, 0.15) is 5.82 Å². The zero-order chi connectivity index (χ0) is 19.7. The van der Waals surface area contributed by atoms with E-state index >= 15 is 0 Å². The third kappa shape index (κ3) is 3.36. The lowest BCUT2D eigenvalue weighted by atomic mass is 10.0. The Kier molecular flexibility index (Phi) is 4.60. The summed E-state index contributed by atoms with van der Waals surface area (Å²) in [7, 11) is -4.19. The van der Waals surface area contributed by atoms with E-state index in [4.69, 9.17) is 0 Å². The van der Waals surface area contributed by atoms with Gasteiger partial charge in [-0.3, -0.25) is 4.79 Å². The van der Waals surface area contributed by atoms with Gasteiger partial charge in [-0.15, -0.1) is 0 Å². The predicted octanol–water partition coefficient (Wildman–Crippen LogP) is 3.60. The van der Waals surface area contributed by atoms with Crippen molar-refractivity contribution in [3.63, 3.8) is 0 Å². The van der Waals surface area contributed by atoms with Crippen LogP contribution in [0.3, 0.4) is 0 Å². The van der Waals surface area contributed by atoms with Crippen LogP contribution in [0.1, 0.15) is 27.5 Å². The molecule has 1 aliphatic rings. The van der Waals surface area contributed by atoms with E-state index in [0.717, 1.165) is 5.56 Å². The van der Waals surface area contributed by atoms with Crippen molar-refractivity contribution in [3.05, 3.63) is 101 Å². The molecule has 3 aromatic carbocycles. The van der Waals surface area contributed by atoms with Crippen molar-refractivity contribution in [2.75, 3.05) is 4.31 Å². The largest absolute Gasteiger partial charge is 0.327 e. The molecule has 7 heteroatoms. The van der Waals surface area contributed by atoms with Crippen molar-refractivity contribution in [1.29, 1.82) is 0 Å². The molecule has 0 saturated carbocycles. The Morgan fingerprint density at radius 2 is 1.57 bits per heavy atom. The highest BCUT2D eigenvalue weighted by atomic mass is 32.2. The van der Waals surface area contributed by atoms with Crippen LogP contribution in [0.15, 0.2) is 78.9 Å². The lowest BCUT2D eigenvalue weighted by Crippen LogP contribution is -2.44. The Bertz CT molecular complexity index is 1120. The molecular weight excluding hydrogens is 379 g/mol. The highest BCUT2D eigenvalue weighted by molar-refractivity contribution is 7.91. The van der Waals surface area contributed by atoms with E-state index in [-0.39, 0.29) is 5.56 Å². The minimum absolute atomic E-state index is 0.247. The van der Waals surface area contributed by atoms with Crippen LogP contribution < -0.4 is 9.03 Å². The van der Waals surface area contributed by atoms with Gasteiger partial charge in [0, 0.05) is 12.0 Å². The molecule has 1 amide bonds. The first-order chi connectivity index (χ1) is 13.5. The zero-order valence-corrected chi connectivity index (χ0v) is 15.6. The summed E-state index contributed by atoms with van der Waals surface area (Å²) in [4.78, 5) is 12.5. The molecule has 0 fully saturated rings. The topological polar surface area (TPSA) is 66.5 Å². The summed E-state index contributed by atoms with van der Waals surface area (Å²) in [5.41, 5.74) is 2.24. The number of carbonyl (C=O) groups excluding carboxylic acids is 1.